The molecule has 0 saturated carbocycles. The van der Waals surface area contributed by atoms with Crippen molar-refractivity contribution in [3.8, 4) is 11.1 Å². The Hall–Kier alpha value is -1.12. The SMILES string of the molecule is Cc1ccc(-c2c(Cl)nc(CCC(C)C)nc2Cl)cc1. The van der Waals surface area contributed by atoms with Crippen LogP contribution in [0.1, 0.15) is 31.7 Å². The molecule has 0 radical (unpaired) electrons. The van der Waals surface area contributed by atoms with Crippen LogP contribution in [0.2, 0.25) is 10.3 Å². The number of benzene rings is 1. The normalized spacial score (nSPS) is 11.1. The van der Waals surface area contributed by atoms with Crippen molar-refractivity contribution in [3.63, 3.8) is 0 Å². The maximum absolute atomic E-state index is 6.29. The summed E-state index contributed by atoms with van der Waals surface area (Å²) in [6, 6.07) is 8.02. The topological polar surface area (TPSA) is 25.8 Å². The lowest BCUT2D eigenvalue weighted by molar-refractivity contribution is 0.575. The highest BCUT2D eigenvalue weighted by Gasteiger charge is 2.13. The minimum absolute atomic E-state index is 0.424. The fraction of sp³-hybridized carbons (Fsp3) is 0.375. The van der Waals surface area contributed by atoms with Gasteiger partial charge in [-0.1, -0.05) is 66.9 Å². The van der Waals surface area contributed by atoms with Gasteiger partial charge in [-0.05, 0) is 24.8 Å². The van der Waals surface area contributed by atoms with Crippen LogP contribution in [-0.2, 0) is 6.42 Å². The van der Waals surface area contributed by atoms with Gasteiger partial charge in [-0.25, -0.2) is 9.97 Å². The highest BCUT2D eigenvalue weighted by Crippen LogP contribution is 2.32. The predicted octanol–water partition coefficient (Wildman–Crippen LogP) is 5.35. The van der Waals surface area contributed by atoms with Crippen LogP contribution in [-0.4, -0.2) is 9.97 Å². The monoisotopic (exact) mass is 308 g/mol. The van der Waals surface area contributed by atoms with Crippen LogP contribution in [0.4, 0.5) is 0 Å². The summed E-state index contributed by atoms with van der Waals surface area (Å²) in [4.78, 5) is 8.75. The molecule has 0 aliphatic heterocycles. The molecule has 2 nitrogen and oxygen atoms in total. The fourth-order valence-corrected chi connectivity index (χ4v) is 2.58. The van der Waals surface area contributed by atoms with Gasteiger partial charge >= 0.3 is 0 Å². The van der Waals surface area contributed by atoms with Gasteiger partial charge in [0.25, 0.3) is 0 Å². The van der Waals surface area contributed by atoms with Gasteiger partial charge in [0.2, 0.25) is 0 Å². The third-order valence-corrected chi connectivity index (χ3v) is 3.70. The first-order valence-electron chi connectivity index (χ1n) is 6.76. The molecular weight excluding hydrogens is 291 g/mol. The molecule has 0 N–H and O–H groups in total. The number of aromatic nitrogens is 2. The molecule has 0 bridgehead atoms. The molecule has 0 fully saturated rings. The number of rotatable bonds is 4. The molecule has 0 amide bonds. The number of hydrogen-bond donors (Lipinski definition) is 0. The van der Waals surface area contributed by atoms with Crippen LogP contribution < -0.4 is 0 Å². The molecule has 2 aromatic rings. The van der Waals surface area contributed by atoms with Gasteiger partial charge in [-0.3, -0.25) is 0 Å². The van der Waals surface area contributed by atoms with Crippen molar-refractivity contribution < 1.29 is 0 Å². The average Bonchev–Trinajstić information content (AvgIpc) is 2.38. The van der Waals surface area contributed by atoms with E-state index in [9.17, 15) is 0 Å². The zero-order valence-corrected chi connectivity index (χ0v) is 13.5. The van der Waals surface area contributed by atoms with E-state index in [1.165, 1.54) is 5.56 Å². The summed E-state index contributed by atoms with van der Waals surface area (Å²) >= 11 is 12.6. The summed E-state index contributed by atoms with van der Waals surface area (Å²) in [7, 11) is 0. The average molecular weight is 309 g/mol. The third kappa shape index (κ3) is 3.71. The first-order chi connectivity index (χ1) is 9.47. The van der Waals surface area contributed by atoms with Gasteiger partial charge < -0.3 is 0 Å². The van der Waals surface area contributed by atoms with Crippen LogP contribution in [0.25, 0.3) is 11.1 Å². The van der Waals surface area contributed by atoms with Crippen LogP contribution in [0.5, 0.6) is 0 Å². The van der Waals surface area contributed by atoms with Gasteiger partial charge in [-0.15, -0.1) is 0 Å². The van der Waals surface area contributed by atoms with Crippen LogP contribution in [0, 0.1) is 12.8 Å². The second-order valence-corrected chi connectivity index (χ2v) is 6.11. The highest BCUT2D eigenvalue weighted by molar-refractivity contribution is 6.37. The van der Waals surface area contributed by atoms with Crippen molar-refractivity contribution in [1.82, 2.24) is 9.97 Å². The minimum Gasteiger partial charge on any atom is -0.220 e. The summed E-state index contributed by atoms with van der Waals surface area (Å²) in [6.07, 6.45) is 1.82. The van der Waals surface area contributed by atoms with Gasteiger partial charge in [0.15, 0.2) is 0 Å². The van der Waals surface area contributed by atoms with E-state index in [0.717, 1.165) is 18.4 Å². The van der Waals surface area contributed by atoms with E-state index in [2.05, 4.69) is 23.8 Å². The van der Waals surface area contributed by atoms with Crippen LogP contribution in [0.15, 0.2) is 24.3 Å². The summed E-state index contributed by atoms with van der Waals surface area (Å²) in [5.74, 6) is 1.32. The van der Waals surface area contributed by atoms with Gasteiger partial charge in [0.1, 0.15) is 16.1 Å². The summed E-state index contributed by atoms with van der Waals surface area (Å²) in [5.41, 5.74) is 2.85. The second-order valence-electron chi connectivity index (χ2n) is 5.40. The molecule has 0 aliphatic rings. The Morgan fingerprint density at radius 1 is 1.00 bits per heavy atom. The summed E-state index contributed by atoms with van der Waals surface area (Å²) in [6.45, 7) is 6.38. The van der Waals surface area contributed by atoms with Gasteiger partial charge in [0.05, 0.1) is 5.56 Å². The Kier molecular flexibility index (Phi) is 5.00. The van der Waals surface area contributed by atoms with E-state index in [-0.39, 0.29) is 0 Å². The lowest BCUT2D eigenvalue weighted by Gasteiger charge is -2.09. The quantitative estimate of drug-likeness (QED) is 0.712. The Morgan fingerprint density at radius 2 is 1.55 bits per heavy atom. The standard InChI is InChI=1S/C16H18Cl2N2/c1-10(2)4-9-13-19-15(17)14(16(18)20-13)12-7-5-11(3)6-8-12/h5-8,10H,4,9H2,1-3H3. The summed E-state index contributed by atoms with van der Waals surface area (Å²) < 4.78 is 0. The molecule has 0 saturated heterocycles. The largest absolute Gasteiger partial charge is 0.220 e. The van der Waals surface area contributed by atoms with Crippen molar-refractivity contribution in [2.45, 2.75) is 33.6 Å². The minimum atomic E-state index is 0.424. The lowest BCUT2D eigenvalue weighted by atomic mass is 10.1. The Bertz CT molecular complexity index is 569. The number of nitrogens with zero attached hydrogens (tertiary/aromatic N) is 2. The molecular formula is C16H18Cl2N2. The van der Waals surface area contributed by atoms with Crippen molar-refractivity contribution in [1.29, 1.82) is 0 Å². The van der Waals surface area contributed by atoms with Crippen molar-refractivity contribution in [2.75, 3.05) is 0 Å². The van der Waals surface area contributed by atoms with E-state index < -0.39 is 0 Å². The maximum atomic E-state index is 6.29. The maximum Gasteiger partial charge on any atom is 0.142 e. The molecule has 20 heavy (non-hydrogen) atoms. The van der Waals surface area contributed by atoms with E-state index in [1.807, 2.05) is 31.2 Å². The Labute approximate surface area is 130 Å². The number of halogens is 2. The molecule has 1 aromatic carbocycles. The van der Waals surface area contributed by atoms with Crippen LogP contribution in [0.3, 0.4) is 0 Å². The van der Waals surface area contributed by atoms with Crippen molar-refractivity contribution >= 4 is 23.2 Å². The van der Waals surface area contributed by atoms with Crippen LogP contribution >= 0.6 is 23.2 Å². The predicted molar refractivity (Wildman–Crippen MR) is 85.4 cm³/mol. The van der Waals surface area contributed by atoms with Crippen molar-refractivity contribution in [3.05, 3.63) is 46.0 Å². The van der Waals surface area contributed by atoms with E-state index in [4.69, 9.17) is 23.2 Å². The second kappa shape index (κ2) is 6.55. The molecule has 0 spiro atoms. The van der Waals surface area contributed by atoms with Gasteiger partial charge in [0, 0.05) is 6.42 Å². The third-order valence-electron chi connectivity index (χ3n) is 3.15. The van der Waals surface area contributed by atoms with E-state index in [0.29, 0.717) is 27.6 Å². The molecule has 0 unspecified atom stereocenters. The number of aryl methyl sites for hydroxylation is 2. The highest BCUT2D eigenvalue weighted by atomic mass is 35.5. The van der Waals surface area contributed by atoms with E-state index >= 15 is 0 Å². The zero-order valence-electron chi connectivity index (χ0n) is 12.0. The fourth-order valence-electron chi connectivity index (χ4n) is 1.94. The van der Waals surface area contributed by atoms with E-state index in [1.54, 1.807) is 0 Å². The van der Waals surface area contributed by atoms with Gasteiger partial charge in [-0.2, -0.15) is 0 Å². The molecule has 2 rings (SSSR count). The lowest BCUT2D eigenvalue weighted by Crippen LogP contribution is -2.01. The molecule has 0 aliphatic carbocycles. The first kappa shape index (κ1) is 15.3. The Balaban J connectivity index is 2.33. The number of hydrogen-bond acceptors (Lipinski definition) is 2. The van der Waals surface area contributed by atoms with Crippen molar-refractivity contribution in [2.24, 2.45) is 5.92 Å². The molecule has 4 heteroatoms. The first-order valence-corrected chi connectivity index (χ1v) is 7.52. The molecule has 106 valence electrons. The summed E-state index contributed by atoms with van der Waals surface area (Å²) in [5, 5.41) is 0.847. The molecule has 0 atom stereocenters. The molecule has 1 heterocycles. The smallest absolute Gasteiger partial charge is 0.142 e. The Morgan fingerprint density at radius 3 is 2.05 bits per heavy atom. The molecule has 1 aromatic heterocycles. The zero-order chi connectivity index (χ0) is 14.7.